The number of rotatable bonds is 4. The average Bonchev–Trinajstić information content (AvgIpc) is 2.97. The molecular weight excluding hydrogens is 340 g/mol. The van der Waals surface area contributed by atoms with E-state index in [4.69, 9.17) is 0 Å². The molecule has 4 heteroatoms. The standard InChI is InChI=1S/C22H21N2OS/c1-16(25)11-13-24-14-12-17(18-7-3-4-8-19(18)24)15-22-23(2)20-9-5-6-10-21(20)26-22/h3-10,12,14-15H,11,13H2,1-2H3/q+1. The van der Waals surface area contributed by atoms with Gasteiger partial charge in [-0.15, -0.1) is 0 Å². The van der Waals surface area contributed by atoms with Crippen molar-refractivity contribution in [2.45, 2.75) is 24.8 Å². The zero-order valence-electron chi connectivity index (χ0n) is 15.0. The lowest BCUT2D eigenvalue weighted by Gasteiger charge is -2.13. The number of fused-ring (bicyclic) bond motifs is 2. The van der Waals surface area contributed by atoms with Crippen molar-refractivity contribution >= 4 is 40.2 Å². The van der Waals surface area contributed by atoms with Gasteiger partial charge in [-0.25, -0.2) is 0 Å². The van der Waals surface area contributed by atoms with Crippen LogP contribution in [0.1, 0.15) is 18.9 Å². The first-order chi connectivity index (χ1) is 12.6. The van der Waals surface area contributed by atoms with Crippen LogP contribution < -0.4 is 9.47 Å². The number of benzene rings is 2. The summed E-state index contributed by atoms with van der Waals surface area (Å²) in [6.45, 7) is 2.36. The van der Waals surface area contributed by atoms with Crippen LogP contribution in [0.4, 0.5) is 5.69 Å². The van der Waals surface area contributed by atoms with Crippen molar-refractivity contribution < 1.29 is 9.36 Å². The molecule has 2 heterocycles. The topological polar surface area (TPSA) is 24.2 Å². The van der Waals surface area contributed by atoms with Crippen LogP contribution in [0.25, 0.3) is 17.0 Å². The Morgan fingerprint density at radius 2 is 1.88 bits per heavy atom. The molecule has 0 bridgehead atoms. The number of carbonyl (C=O) groups excluding carboxylic acids is 1. The number of Topliss-reactive ketones (excluding diaryl/α,β-unsaturated/α-hetero) is 1. The molecule has 0 radical (unpaired) electrons. The summed E-state index contributed by atoms with van der Waals surface area (Å²) < 4.78 is 2.17. The van der Waals surface area contributed by atoms with Gasteiger partial charge in [-0.05, 0) is 36.8 Å². The van der Waals surface area contributed by atoms with E-state index < -0.39 is 0 Å². The van der Waals surface area contributed by atoms with E-state index in [1.54, 1.807) is 18.7 Å². The molecule has 0 amide bonds. The Kier molecular flexibility index (Phi) is 4.51. The third kappa shape index (κ3) is 3.13. The van der Waals surface area contributed by atoms with Crippen molar-refractivity contribution in [2.24, 2.45) is 0 Å². The summed E-state index contributed by atoms with van der Waals surface area (Å²) in [5.74, 6) is 0.217. The zero-order chi connectivity index (χ0) is 18.1. The van der Waals surface area contributed by atoms with Gasteiger partial charge in [-0.1, -0.05) is 36.0 Å². The van der Waals surface area contributed by atoms with Crippen LogP contribution >= 0.6 is 11.8 Å². The van der Waals surface area contributed by atoms with E-state index in [9.17, 15) is 4.79 Å². The maximum atomic E-state index is 11.4. The molecule has 1 aliphatic heterocycles. The largest absolute Gasteiger partial charge is 0.338 e. The number of hydrogen-bond donors (Lipinski definition) is 0. The highest BCUT2D eigenvalue weighted by Gasteiger charge is 2.22. The lowest BCUT2D eigenvalue weighted by molar-refractivity contribution is -0.670. The summed E-state index contributed by atoms with van der Waals surface area (Å²) >= 11 is 1.80. The van der Waals surface area contributed by atoms with Crippen LogP contribution in [0.2, 0.25) is 0 Å². The molecule has 1 aliphatic rings. The van der Waals surface area contributed by atoms with E-state index in [1.165, 1.54) is 26.6 Å². The normalized spacial score (nSPS) is 14.8. The van der Waals surface area contributed by atoms with Gasteiger partial charge in [0.1, 0.15) is 5.78 Å². The molecule has 1 aromatic heterocycles. The van der Waals surface area contributed by atoms with Crippen molar-refractivity contribution in [1.29, 1.82) is 0 Å². The van der Waals surface area contributed by atoms with Crippen molar-refractivity contribution in [1.82, 2.24) is 0 Å². The molecule has 0 saturated carbocycles. The first-order valence-electron chi connectivity index (χ1n) is 8.76. The third-order valence-corrected chi connectivity index (χ3v) is 5.88. The van der Waals surface area contributed by atoms with E-state index in [2.05, 4.69) is 83.4 Å². The van der Waals surface area contributed by atoms with Crippen LogP contribution in [0, 0.1) is 0 Å². The van der Waals surface area contributed by atoms with E-state index in [1.807, 2.05) is 0 Å². The highest BCUT2D eigenvalue weighted by Crippen LogP contribution is 2.45. The highest BCUT2D eigenvalue weighted by atomic mass is 32.2. The van der Waals surface area contributed by atoms with Gasteiger partial charge >= 0.3 is 0 Å². The van der Waals surface area contributed by atoms with Crippen LogP contribution in [-0.4, -0.2) is 12.8 Å². The number of ketones is 1. The number of aromatic nitrogens is 1. The summed E-state index contributed by atoms with van der Waals surface area (Å²) in [6, 6.07) is 19.0. The van der Waals surface area contributed by atoms with Gasteiger partial charge in [-0.2, -0.15) is 4.57 Å². The zero-order valence-corrected chi connectivity index (χ0v) is 15.8. The van der Waals surface area contributed by atoms with Crippen molar-refractivity contribution in [2.75, 3.05) is 11.9 Å². The lowest BCUT2D eigenvalue weighted by atomic mass is 10.1. The number of anilines is 1. The summed E-state index contributed by atoms with van der Waals surface area (Å²) in [5, 5.41) is 2.42. The fraction of sp³-hybridized carbons (Fsp3) is 0.182. The minimum atomic E-state index is 0.217. The Morgan fingerprint density at radius 1 is 1.12 bits per heavy atom. The number of pyridine rings is 1. The highest BCUT2D eigenvalue weighted by molar-refractivity contribution is 8.03. The maximum absolute atomic E-state index is 11.4. The number of thioether (sulfide) groups is 1. The Balaban J connectivity index is 1.74. The Bertz CT molecular complexity index is 1030. The Morgan fingerprint density at radius 3 is 2.69 bits per heavy atom. The van der Waals surface area contributed by atoms with Crippen LogP contribution in [0.15, 0.2) is 70.7 Å². The second kappa shape index (κ2) is 6.96. The number of nitrogens with zero attached hydrogens (tertiary/aromatic N) is 2. The number of aryl methyl sites for hydroxylation is 1. The maximum Gasteiger partial charge on any atom is 0.213 e. The van der Waals surface area contributed by atoms with E-state index in [0.717, 1.165) is 5.52 Å². The first-order valence-corrected chi connectivity index (χ1v) is 9.58. The van der Waals surface area contributed by atoms with Crippen molar-refractivity contribution in [3.63, 3.8) is 0 Å². The van der Waals surface area contributed by atoms with Gasteiger partial charge in [-0.3, -0.25) is 4.79 Å². The minimum Gasteiger partial charge on any atom is -0.338 e. The van der Waals surface area contributed by atoms with Crippen molar-refractivity contribution in [3.05, 3.63) is 71.4 Å². The molecule has 0 aliphatic carbocycles. The minimum absolute atomic E-state index is 0.217. The molecule has 4 rings (SSSR count). The molecule has 0 fully saturated rings. The molecule has 0 spiro atoms. The molecule has 3 aromatic rings. The Hall–Kier alpha value is -2.59. The summed E-state index contributed by atoms with van der Waals surface area (Å²) in [5.41, 5.74) is 3.61. The quantitative estimate of drug-likeness (QED) is 0.632. The molecule has 0 saturated heterocycles. The predicted octanol–water partition coefficient (Wildman–Crippen LogP) is 4.65. The van der Waals surface area contributed by atoms with E-state index in [-0.39, 0.29) is 5.78 Å². The van der Waals surface area contributed by atoms with Gasteiger partial charge < -0.3 is 4.90 Å². The smallest absolute Gasteiger partial charge is 0.213 e. The molecule has 26 heavy (non-hydrogen) atoms. The van der Waals surface area contributed by atoms with E-state index >= 15 is 0 Å². The first kappa shape index (κ1) is 16.9. The number of para-hydroxylation sites is 2. The fourth-order valence-electron chi connectivity index (χ4n) is 3.29. The van der Waals surface area contributed by atoms with Crippen LogP contribution in [0.5, 0.6) is 0 Å². The monoisotopic (exact) mass is 361 g/mol. The summed E-state index contributed by atoms with van der Waals surface area (Å²) in [6.07, 6.45) is 4.90. The molecule has 3 nitrogen and oxygen atoms in total. The van der Waals surface area contributed by atoms with Gasteiger partial charge in [0.2, 0.25) is 5.52 Å². The summed E-state index contributed by atoms with van der Waals surface area (Å²) in [7, 11) is 2.11. The van der Waals surface area contributed by atoms with E-state index in [0.29, 0.717) is 13.0 Å². The molecule has 0 N–H and O–H groups in total. The average molecular weight is 361 g/mol. The summed E-state index contributed by atoms with van der Waals surface area (Å²) in [4.78, 5) is 14.9. The van der Waals surface area contributed by atoms with Gasteiger partial charge in [0.05, 0.1) is 22.5 Å². The lowest BCUT2D eigenvalue weighted by Crippen LogP contribution is -2.35. The van der Waals surface area contributed by atoms with Crippen LogP contribution in [0.3, 0.4) is 0 Å². The van der Waals surface area contributed by atoms with Gasteiger partial charge in [0.25, 0.3) is 0 Å². The molecule has 0 unspecified atom stereocenters. The van der Waals surface area contributed by atoms with Gasteiger partial charge in [0, 0.05) is 24.1 Å². The Labute approximate surface area is 158 Å². The second-order valence-electron chi connectivity index (χ2n) is 6.55. The number of carbonyl (C=O) groups is 1. The third-order valence-electron chi connectivity index (χ3n) is 4.71. The predicted molar refractivity (Wildman–Crippen MR) is 108 cm³/mol. The number of hydrogen-bond acceptors (Lipinski definition) is 3. The van der Waals surface area contributed by atoms with Gasteiger partial charge in [0.15, 0.2) is 12.7 Å². The van der Waals surface area contributed by atoms with Crippen molar-refractivity contribution in [3.8, 4) is 0 Å². The second-order valence-corrected chi connectivity index (χ2v) is 7.61. The molecular formula is C22H21N2OS+. The molecule has 2 aromatic carbocycles. The SMILES string of the molecule is CC(=O)CC[n+]1ccc(/C=C2\Sc3ccccc3N2C)c2ccccc21. The fourth-order valence-corrected chi connectivity index (χ4v) is 4.39. The molecule has 0 atom stereocenters. The molecule has 130 valence electrons. The van der Waals surface area contributed by atoms with Crippen LogP contribution in [-0.2, 0) is 11.3 Å².